The van der Waals surface area contributed by atoms with Crippen molar-refractivity contribution >= 4 is 34.3 Å². The summed E-state index contributed by atoms with van der Waals surface area (Å²) in [5, 5.41) is 4.22. The van der Waals surface area contributed by atoms with E-state index in [1.165, 1.54) is 11.8 Å². The summed E-state index contributed by atoms with van der Waals surface area (Å²) < 4.78 is 1.82. The molecule has 1 saturated carbocycles. The summed E-state index contributed by atoms with van der Waals surface area (Å²) in [6, 6.07) is 15.3. The van der Waals surface area contributed by atoms with Gasteiger partial charge in [0, 0.05) is 11.7 Å². The Hall–Kier alpha value is -2.60. The number of para-hydroxylation sites is 2. The van der Waals surface area contributed by atoms with Crippen molar-refractivity contribution in [2.24, 2.45) is 0 Å². The van der Waals surface area contributed by atoms with E-state index in [-0.39, 0.29) is 23.3 Å². The number of carbonyl (C=O) groups is 1. The van der Waals surface area contributed by atoms with Crippen LogP contribution in [0.4, 0.5) is 5.69 Å². The fourth-order valence-electron chi connectivity index (χ4n) is 3.74. The second kappa shape index (κ2) is 8.19. The van der Waals surface area contributed by atoms with E-state index in [0.717, 1.165) is 36.9 Å². The van der Waals surface area contributed by atoms with Crippen molar-refractivity contribution in [2.75, 3.05) is 11.1 Å². The van der Waals surface area contributed by atoms with Crippen LogP contribution in [0.2, 0.25) is 0 Å². The highest BCUT2D eigenvalue weighted by Gasteiger charge is 2.23. The maximum atomic E-state index is 13.1. The third kappa shape index (κ3) is 3.83. The van der Waals surface area contributed by atoms with Crippen molar-refractivity contribution in [1.82, 2.24) is 9.55 Å². The molecule has 1 aliphatic rings. The molecule has 1 aliphatic carbocycles. The van der Waals surface area contributed by atoms with Gasteiger partial charge in [-0.3, -0.25) is 14.2 Å². The molecule has 28 heavy (non-hydrogen) atoms. The Morgan fingerprint density at radius 2 is 1.86 bits per heavy atom. The quantitative estimate of drug-likeness (QED) is 0.510. The smallest absolute Gasteiger partial charge is 0.262 e. The van der Waals surface area contributed by atoms with Crippen LogP contribution in [0.5, 0.6) is 0 Å². The molecule has 0 aliphatic heterocycles. The molecular weight excluding hydrogens is 370 g/mol. The Labute approximate surface area is 168 Å². The van der Waals surface area contributed by atoms with Crippen LogP contribution in [0.15, 0.2) is 58.5 Å². The molecule has 0 bridgehead atoms. The molecule has 1 amide bonds. The zero-order valence-corrected chi connectivity index (χ0v) is 16.7. The highest BCUT2D eigenvalue weighted by Crippen LogP contribution is 2.32. The molecule has 1 heterocycles. The predicted molar refractivity (Wildman–Crippen MR) is 114 cm³/mol. The number of aromatic nitrogens is 2. The molecule has 0 unspecified atom stereocenters. The third-order valence-corrected chi connectivity index (χ3v) is 6.17. The van der Waals surface area contributed by atoms with Crippen molar-refractivity contribution in [1.29, 1.82) is 0 Å². The molecule has 6 heteroatoms. The van der Waals surface area contributed by atoms with Crippen molar-refractivity contribution in [2.45, 2.75) is 43.8 Å². The first-order chi connectivity index (χ1) is 13.6. The molecule has 3 aromatic rings. The molecule has 5 nitrogen and oxygen atoms in total. The first kappa shape index (κ1) is 18.7. The Morgan fingerprint density at radius 1 is 1.14 bits per heavy atom. The first-order valence-corrected chi connectivity index (χ1v) is 10.6. The van der Waals surface area contributed by atoms with Crippen LogP contribution in [0.3, 0.4) is 0 Å². The summed E-state index contributed by atoms with van der Waals surface area (Å²) >= 11 is 1.34. The van der Waals surface area contributed by atoms with Gasteiger partial charge in [0.15, 0.2) is 5.16 Å². The second-order valence-corrected chi connectivity index (χ2v) is 8.12. The highest BCUT2D eigenvalue weighted by atomic mass is 32.2. The minimum absolute atomic E-state index is 0.000637. The average Bonchev–Trinajstić information content (AvgIpc) is 3.22. The van der Waals surface area contributed by atoms with Gasteiger partial charge < -0.3 is 5.32 Å². The van der Waals surface area contributed by atoms with Gasteiger partial charge in [-0.2, -0.15) is 0 Å². The van der Waals surface area contributed by atoms with E-state index in [4.69, 9.17) is 4.98 Å². The number of carbonyl (C=O) groups excluding carboxylic acids is 1. The third-order valence-electron chi connectivity index (χ3n) is 5.22. The summed E-state index contributed by atoms with van der Waals surface area (Å²) in [6.07, 6.45) is 4.23. The SMILES string of the molecule is Cc1ccccc1NC(=O)CSc1nc2ccccc2c(=O)n1C1CCCC1. The largest absolute Gasteiger partial charge is 0.325 e. The Balaban J connectivity index is 1.60. The number of amides is 1. The molecule has 1 aromatic heterocycles. The monoisotopic (exact) mass is 393 g/mol. The molecule has 144 valence electrons. The van der Waals surface area contributed by atoms with Gasteiger partial charge >= 0.3 is 0 Å². The number of hydrogen-bond donors (Lipinski definition) is 1. The molecule has 0 radical (unpaired) electrons. The summed E-state index contributed by atoms with van der Waals surface area (Å²) in [5.41, 5.74) is 2.52. The van der Waals surface area contributed by atoms with Crippen LogP contribution in [-0.4, -0.2) is 21.2 Å². The standard InChI is InChI=1S/C22H23N3O2S/c1-15-8-2-6-12-18(15)23-20(26)14-28-22-24-19-13-7-5-11-17(19)21(27)25(22)16-9-3-4-10-16/h2,5-8,11-13,16H,3-4,9-10,14H2,1H3,(H,23,26). The Bertz CT molecular complexity index is 1070. The lowest BCUT2D eigenvalue weighted by molar-refractivity contribution is -0.113. The number of benzene rings is 2. The number of nitrogens with one attached hydrogen (secondary N) is 1. The molecule has 2 aromatic carbocycles. The van der Waals surface area contributed by atoms with Gasteiger partial charge in [0.25, 0.3) is 5.56 Å². The number of rotatable bonds is 5. The lowest BCUT2D eigenvalue weighted by atomic mass is 10.2. The van der Waals surface area contributed by atoms with E-state index in [1.54, 1.807) is 0 Å². The minimum atomic E-state index is -0.0975. The normalized spacial score (nSPS) is 14.5. The topological polar surface area (TPSA) is 64.0 Å². The molecular formula is C22H23N3O2S. The van der Waals surface area contributed by atoms with Crippen LogP contribution in [0.1, 0.15) is 37.3 Å². The van der Waals surface area contributed by atoms with Gasteiger partial charge in [-0.25, -0.2) is 4.98 Å². The Kier molecular flexibility index (Phi) is 5.48. The lowest BCUT2D eigenvalue weighted by Gasteiger charge is -2.18. The van der Waals surface area contributed by atoms with E-state index < -0.39 is 0 Å². The number of anilines is 1. The zero-order chi connectivity index (χ0) is 19.5. The summed E-state index contributed by atoms with van der Waals surface area (Å²) in [7, 11) is 0. The number of fused-ring (bicyclic) bond motifs is 1. The van der Waals surface area contributed by atoms with E-state index in [2.05, 4.69) is 5.32 Å². The Morgan fingerprint density at radius 3 is 2.64 bits per heavy atom. The molecule has 0 spiro atoms. The van der Waals surface area contributed by atoms with Gasteiger partial charge in [0.05, 0.1) is 16.7 Å². The van der Waals surface area contributed by atoms with Crippen molar-refractivity contribution in [3.63, 3.8) is 0 Å². The number of aryl methyl sites for hydroxylation is 1. The predicted octanol–water partition coefficient (Wildman–Crippen LogP) is 4.55. The van der Waals surface area contributed by atoms with Crippen LogP contribution in [0.25, 0.3) is 10.9 Å². The summed E-state index contributed by atoms with van der Waals surface area (Å²) in [6.45, 7) is 1.96. The van der Waals surface area contributed by atoms with E-state index >= 15 is 0 Å². The van der Waals surface area contributed by atoms with Gasteiger partial charge in [0.2, 0.25) is 5.91 Å². The summed E-state index contributed by atoms with van der Waals surface area (Å²) in [4.78, 5) is 30.3. The first-order valence-electron chi connectivity index (χ1n) is 9.63. The van der Waals surface area contributed by atoms with Crippen LogP contribution >= 0.6 is 11.8 Å². The van der Waals surface area contributed by atoms with E-state index in [0.29, 0.717) is 16.1 Å². The van der Waals surface area contributed by atoms with Gasteiger partial charge in [-0.1, -0.05) is 54.9 Å². The van der Waals surface area contributed by atoms with Gasteiger partial charge in [-0.05, 0) is 43.5 Å². The summed E-state index contributed by atoms with van der Waals surface area (Å²) in [5.74, 6) is 0.117. The fourth-order valence-corrected chi connectivity index (χ4v) is 4.61. The number of thioether (sulfide) groups is 1. The van der Waals surface area contributed by atoms with Crippen molar-refractivity contribution < 1.29 is 4.79 Å². The van der Waals surface area contributed by atoms with Crippen LogP contribution < -0.4 is 10.9 Å². The molecule has 1 fully saturated rings. The molecule has 4 rings (SSSR count). The maximum absolute atomic E-state index is 13.1. The number of hydrogen-bond acceptors (Lipinski definition) is 4. The zero-order valence-electron chi connectivity index (χ0n) is 15.9. The van der Waals surface area contributed by atoms with Gasteiger partial charge in [0.1, 0.15) is 0 Å². The minimum Gasteiger partial charge on any atom is -0.325 e. The second-order valence-electron chi connectivity index (χ2n) is 7.18. The molecule has 1 N–H and O–H groups in total. The maximum Gasteiger partial charge on any atom is 0.262 e. The van der Waals surface area contributed by atoms with Crippen LogP contribution in [0, 0.1) is 6.92 Å². The van der Waals surface area contributed by atoms with E-state index in [9.17, 15) is 9.59 Å². The molecule has 0 saturated heterocycles. The van der Waals surface area contributed by atoms with Crippen molar-refractivity contribution in [3.05, 3.63) is 64.4 Å². The van der Waals surface area contributed by atoms with Gasteiger partial charge in [-0.15, -0.1) is 0 Å². The molecule has 0 atom stereocenters. The van der Waals surface area contributed by atoms with Crippen LogP contribution in [-0.2, 0) is 4.79 Å². The van der Waals surface area contributed by atoms with Crippen molar-refractivity contribution in [3.8, 4) is 0 Å². The average molecular weight is 394 g/mol. The lowest BCUT2D eigenvalue weighted by Crippen LogP contribution is -2.27. The number of nitrogens with zero attached hydrogens (tertiary/aromatic N) is 2. The van der Waals surface area contributed by atoms with E-state index in [1.807, 2.05) is 60.0 Å². The fraction of sp³-hybridized carbons (Fsp3) is 0.318. The highest BCUT2D eigenvalue weighted by molar-refractivity contribution is 7.99.